The van der Waals surface area contributed by atoms with E-state index in [0.717, 1.165) is 21.5 Å². The van der Waals surface area contributed by atoms with Crippen molar-refractivity contribution >= 4 is 40.3 Å². The van der Waals surface area contributed by atoms with E-state index in [1.165, 1.54) is 11.8 Å². The number of fused-ring (bicyclic) bond motifs is 1. The molecule has 0 bridgehead atoms. The van der Waals surface area contributed by atoms with Crippen LogP contribution >= 0.6 is 23.4 Å². The van der Waals surface area contributed by atoms with Gasteiger partial charge in [-0.05, 0) is 51.1 Å². The zero-order valence-electron chi connectivity index (χ0n) is 14.2. The Balaban J connectivity index is 1.89. The fourth-order valence-electron chi connectivity index (χ4n) is 2.44. The summed E-state index contributed by atoms with van der Waals surface area (Å²) in [5.74, 6) is -0.237. The van der Waals surface area contributed by atoms with Crippen molar-refractivity contribution in [3.05, 3.63) is 47.5 Å². The van der Waals surface area contributed by atoms with Crippen molar-refractivity contribution in [3.8, 4) is 11.3 Å². The lowest BCUT2D eigenvalue weighted by Gasteiger charge is -2.21. The second kappa shape index (κ2) is 7.10. The molecule has 0 fully saturated rings. The highest BCUT2D eigenvalue weighted by molar-refractivity contribution is 8.01. The summed E-state index contributed by atoms with van der Waals surface area (Å²) in [4.78, 5) is 13.0. The smallest absolute Gasteiger partial charge is 0.321 e. The lowest BCUT2D eigenvalue weighted by Crippen LogP contribution is -2.29. The first-order chi connectivity index (χ1) is 11.9. The van der Waals surface area contributed by atoms with Gasteiger partial charge in [0.2, 0.25) is 0 Å². The Kier molecular flexibility index (Phi) is 5.06. The van der Waals surface area contributed by atoms with Gasteiger partial charge in [0, 0.05) is 20.9 Å². The van der Waals surface area contributed by atoms with Crippen molar-refractivity contribution in [2.24, 2.45) is 0 Å². The Hall–Kier alpha value is -1.98. The molecule has 130 valence electrons. The van der Waals surface area contributed by atoms with E-state index >= 15 is 0 Å². The number of carbonyl (C=O) groups is 1. The van der Waals surface area contributed by atoms with Crippen LogP contribution < -0.4 is 0 Å². The summed E-state index contributed by atoms with van der Waals surface area (Å²) in [6, 6.07) is 13.3. The molecule has 0 spiro atoms. The molecule has 0 radical (unpaired) electrons. The highest BCUT2D eigenvalue weighted by atomic mass is 35.5. The van der Waals surface area contributed by atoms with Gasteiger partial charge in [-0.25, -0.2) is 0 Å². The number of thioether (sulfide) groups is 1. The second-order valence-electron chi connectivity index (χ2n) is 6.03. The van der Waals surface area contributed by atoms with E-state index in [4.69, 9.17) is 20.9 Å². The Morgan fingerprint density at radius 2 is 1.96 bits per heavy atom. The average Bonchev–Trinajstić information content (AvgIpc) is 2.98. The Labute approximate surface area is 155 Å². The number of benzene rings is 2. The predicted octanol–water partition coefficient (Wildman–Crippen LogP) is 5.58. The molecular formula is C19H18ClNO3S. The van der Waals surface area contributed by atoms with Crippen LogP contribution in [-0.2, 0) is 9.53 Å². The zero-order valence-corrected chi connectivity index (χ0v) is 15.8. The molecule has 4 nitrogen and oxygen atoms in total. The molecule has 3 rings (SSSR count). The molecule has 0 amide bonds. The minimum absolute atomic E-state index is 0.237. The number of hydrogen-bond donors (Lipinski definition) is 0. The van der Waals surface area contributed by atoms with E-state index < -0.39 is 4.75 Å². The Morgan fingerprint density at radius 3 is 2.64 bits per heavy atom. The fraction of sp³-hybridized carbons (Fsp3) is 0.263. The monoisotopic (exact) mass is 375 g/mol. The average molecular weight is 376 g/mol. The number of carbonyl (C=O) groups excluding carboxylic acids is 1. The molecule has 0 saturated heterocycles. The fourth-order valence-corrected chi connectivity index (χ4v) is 3.60. The summed E-state index contributed by atoms with van der Waals surface area (Å²) in [7, 11) is 0. The van der Waals surface area contributed by atoms with Gasteiger partial charge in [-0.1, -0.05) is 28.9 Å². The third-order valence-corrected chi connectivity index (χ3v) is 5.12. The summed E-state index contributed by atoms with van der Waals surface area (Å²) in [6.45, 7) is 5.87. The van der Waals surface area contributed by atoms with Crippen LogP contribution in [0.1, 0.15) is 20.8 Å². The molecule has 0 saturated carbocycles. The zero-order chi connectivity index (χ0) is 18.0. The van der Waals surface area contributed by atoms with Crippen LogP contribution in [0.3, 0.4) is 0 Å². The third-order valence-electron chi connectivity index (χ3n) is 3.70. The van der Waals surface area contributed by atoms with E-state index in [9.17, 15) is 4.79 Å². The van der Waals surface area contributed by atoms with Gasteiger partial charge >= 0.3 is 5.97 Å². The molecule has 2 aromatic carbocycles. The number of halogens is 1. The standard InChI is InChI=1S/C19H18ClNO3S/c1-4-23-18(22)19(2,3)25-14-9-10-15-16(11-14)24-21-17(15)12-5-7-13(20)8-6-12/h5-11H,4H2,1-3H3. The van der Waals surface area contributed by atoms with Crippen molar-refractivity contribution in [2.75, 3.05) is 6.61 Å². The normalized spacial score (nSPS) is 11.7. The minimum atomic E-state index is -0.678. The molecule has 0 N–H and O–H groups in total. The van der Waals surface area contributed by atoms with Crippen molar-refractivity contribution < 1.29 is 14.1 Å². The van der Waals surface area contributed by atoms with E-state index in [-0.39, 0.29) is 5.97 Å². The van der Waals surface area contributed by atoms with E-state index in [1.54, 1.807) is 6.92 Å². The van der Waals surface area contributed by atoms with Gasteiger partial charge in [0.1, 0.15) is 10.4 Å². The number of ether oxygens (including phenoxy) is 1. The van der Waals surface area contributed by atoms with Gasteiger partial charge < -0.3 is 9.26 Å². The van der Waals surface area contributed by atoms with E-state index in [2.05, 4.69) is 5.16 Å². The van der Waals surface area contributed by atoms with Gasteiger partial charge in [0.15, 0.2) is 5.58 Å². The largest absolute Gasteiger partial charge is 0.465 e. The Morgan fingerprint density at radius 1 is 1.24 bits per heavy atom. The maximum Gasteiger partial charge on any atom is 0.321 e. The number of aromatic nitrogens is 1. The minimum Gasteiger partial charge on any atom is -0.465 e. The topological polar surface area (TPSA) is 52.3 Å². The van der Waals surface area contributed by atoms with E-state index in [0.29, 0.717) is 17.2 Å². The van der Waals surface area contributed by atoms with Gasteiger partial charge in [-0.3, -0.25) is 4.79 Å². The number of esters is 1. The molecule has 25 heavy (non-hydrogen) atoms. The lowest BCUT2D eigenvalue weighted by molar-refractivity contribution is -0.145. The van der Waals surface area contributed by atoms with Gasteiger partial charge in [-0.2, -0.15) is 0 Å². The predicted molar refractivity (Wildman–Crippen MR) is 101 cm³/mol. The highest BCUT2D eigenvalue weighted by Gasteiger charge is 2.30. The van der Waals surface area contributed by atoms with Crippen LogP contribution in [0.4, 0.5) is 0 Å². The molecule has 0 aliphatic carbocycles. The summed E-state index contributed by atoms with van der Waals surface area (Å²) < 4.78 is 9.94. The van der Waals surface area contributed by atoms with Crippen LogP contribution in [0.25, 0.3) is 22.2 Å². The molecule has 0 unspecified atom stereocenters. The van der Waals surface area contributed by atoms with Crippen LogP contribution in [0.2, 0.25) is 5.02 Å². The quantitative estimate of drug-likeness (QED) is 0.430. The van der Waals surface area contributed by atoms with Crippen LogP contribution in [0.15, 0.2) is 51.9 Å². The van der Waals surface area contributed by atoms with Gasteiger partial charge in [0.25, 0.3) is 0 Å². The molecule has 0 aliphatic heterocycles. The summed E-state index contributed by atoms with van der Waals surface area (Å²) >= 11 is 7.37. The lowest BCUT2D eigenvalue weighted by atomic mass is 10.1. The molecule has 3 aromatic rings. The maximum absolute atomic E-state index is 12.1. The van der Waals surface area contributed by atoms with Gasteiger partial charge in [-0.15, -0.1) is 11.8 Å². The first kappa shape index (κ1) is 17.8. The molecule has 0 aliphatic rings. The first-order valence-electron chi connectivity index (χ1n) is 7.92. The highest BCUT2D eigenvalue weighted by Crippen LogP contribution is 2.37. The van der Waals surface area contributed by atoms with Crippen molar-refractivity contribution in [3.63, 3.8) is 0 Å². The number of nitrogens with zero attached hydrogens (tertiary/aromatic N) is 1. The van der Waals surface area contributed by atoms with Crippen molar-refractivity contribution in [2.45, 2.75) is 30.4 Å². The second-order valence-corrected chi connectivity index (χ2v) is 8.16. The molecule has 1 heterocycles. The van der Waals surface area contributed by atoms with Crippen LogP contribution in [0.5, 0.6) is 0 Å². The SMILES string of the molecule is CCOC(=O)C(C)(C)Sc1ccc2c(-c3ccc(Cl)cc3)noc2c1. The van der Waals surface area contributed by atoms with Crippen molar-refractivity contribution in [1.29, 1.82) is 0 Å². The third kappa shape index (κ3) is 3.83. The van der Waals surface area contributed by atoms with E-state index in [1.807, 2.05) is 56.3 Å². The van der Waals surface area contributed by atoms with Crippen LogP contribution in [0, 0.1) is 0 Å². The number of rotatable bonds is 5. The van der Waals surface area contributed by atoms with Crippen LogP contribution in [-0.4, -0.2) is 22.5 Å². The molecular weight excluding hydrogens is 358 g/mol. The molecule has 1 aromatic heterocycles. The molecule has 6 heteroatoms. The number of hydrogen-bond acceptors (Lipinski definition) is 5. The first-order valence-corrected chi connectivity index (χ1v) is 9.12. The van der Waals surface area contributed by atoms with Gasteiger partial charge in [0.05, 0.1) is 6.61 Å². The Bertz CT molecular complexity index is 903. The molecule has 0 atom stereocenters. The summed E-state index contributed by atoms with van der Waals surface area (Å²) in [6.07, 6.45) is 0. The summed E-state index contributed by atoms with van der Waals surface area (Å²) in [5.41, 5.74) is 2.39. The summed E-state index contributed by atoms with van der Waals surface area (Å²) in [5, 5.41) is 5.77. The van der Waals surface area contributed by atoms with Crippen molar-refractivity contribution in [1.82, 2.24) is 5.16 Å². The maximum atomic E-state index is 12.1.